The fraction of sp³-hybridized carbons (Fsp3) is 0.833. The number of amides is 1. The first kappa shape index (κ1) is 13.0. The average Bonchev–Trinajstić information content (AvgIpc) is 2.30. The van der Waals surface area contributed by atoms with Crippen molar-refractivity contribution in [3.63, 3.8) is 0 Å². The summed E-state index contributed by atoms with van der Waals surface area (Å²) in [6.07, 6.45) is 5.57. The van der Waals surface area contributed by atoms with Gasteiger partial charge in [-0.15, -0.1) is 0 Å². The Morgan fingerprint density at radius 1 is 1.31 bits per heavy atom. The number of carboxylic acid groups (broad SMARTS) is 1. The lowest BCUT2D eigenvalue weighted by Crippen LogP contribution is -2.45. The summed E-state index contributed by atoms with van der Waals surface area (Å²) in [5.74, 6) is -2.18. The molecule has 4 heteroatoms. The van der Waals surface area contributed by atoms with E-state index >= 15 is 0 Å². The summed E-state index contributed by atoms with van der Waals surface area (Å²) in [6.45, 7) is 4.00. The molecule has 0 aromatic carbocycles. The molecule has 1 amide bonds. The van der Waals surface area contributed by atoms with Gasteiger partial charge >= 0.3 is 5.97 Å². The quantitative estimate of drug-likeness (QED) is 0.746. The minimum absolute atomic E-state index is 0.234. The molecule has 1 unspecified atom stereocenters. The van der Waals surface area contributed by atoms with Gasteiger partial charge in [0.15, 0.2) is 0 Å². The van der Waals surface area contributed by atoms with Crippen molar-refractivity contribution in [2.45, 2.75) is 52.0 Å². The Balaban J connectivity index is 2.65. The van der Waals surface area contributed by atoms with Crippen LogP contribution < -0.4 is 0 Å². The van der Waals surface area contributed by atoms with Gasteiger partial charge in [0, 0.05) is 12.6 Å². The molecule has 1 rings (SSSR count). The molecule has 1 N–H and O–H groups in total. The predicted molar refractivity (Wildman–Crippen MR) is 61.1 cm³/mol. The number of nitrogens with zero attached hydrogens (tertiary/aromatic N) is 1. The highest BCUT2D eigenvalue weighted by Gasteiger charge is 2.30. The molecule has 1 fully saturated rings. The Morgan fingerprint density at radius 3 is 2.31 bits per heavy atom. The van der Waals surface area contributed by atoms with E-state index in [2.05, 4.69) is 0 Å². The Bertz CT molecular complexity index is 259. The molecule has 4 nitrogen and oxygen atoms in total. The van der Waals surface area contributed by atoms with E-state index in [1.807, 2.05) is 6.92 Å². The van der Waals surface area contributed by atoms with E-state index in [1.54, 1.807) is 4.90 Å². The SMILES string of the molecule is CCN(C(=O)C(C)C(=O)O)C1CCCCC1. The molecular formula is C12H21NO3. The molecule has 1 aliphatic rings. The smallest absolute Gasteiger partial charge is 0.315 e. The van der Waals surface area contributed by atoms with Crippen molar-refractivity contribution in [2.24, 2.45) is 5.92 Å². The monoisotopic (exact) mass is 227 g/mol. The zero-order valence-electron chi connectivity index (χ0n) is 10.1. The van der Waals surface area contributed by atoms with Gasteiger partial charge in [-0.1, -0.05) is 19.3 Å². The maximum absolute atomic E-state index is 12.0. The van der Waals surface area contributed by atoms with Crippen molar-refractivity contribution in [1.29, 1.82) is 0 Å². The van der Waals surface area contributed by atoms with Gasteiger partial charge in [0.25, 0.3) is 0 Å². The zero-order valence-corrected chi connectivity index (χ0v) is 10.1. The number of rotatable bonds is 4. The Morgan fingerprint density at radius 2 is 1.88 bits per heavy atom. The second kappa shape index (κ2) is 5.87. The first-order chi connectivity index (χ1) is 7.57. The number of aliphatic carboxylic acids is 1. The van der Waals surface area contributed by atoms with Gasteiger partial charge < -0.3 is 10.0 Å². The Kier molecular flexibility index (Phi) is 4.77. The third-order valence-electron chi connectivity index (χ3n) is 3.38. The minimum atomic E-state index is -1.03. The highest BCUT2D eigenvalue weighted by molar-refractivity contribution is 5.96. The average molecular weight is 227 g/mol. The lowest BCUT2D eigenvalue weighted by atomic mass is 9.93. The van der Waals surface area contributed by atoms with Crippen molar-refractivity contribution in [3.05, 3.63) is 0 Å². The summed E-state index contributed by atoms with van der Waals surface area (Å²) in [6, 6.07) is 0.257. The standard InChI is InChI=1S/C12H21NO3/c1-3-13(10-7-5-4-6-8-10)11(14)9(2)12(15)16/h9-10H,3-8H2,1-2H3,(H,15,16). The van der Waals surface area contributed by atoms with Crippen molar-refractivity contribution < 1.29 is 14.7 Å². The van der Waals surface area contributed by atoms with Crippen LogP contribution in [0.4, 0.5) is 0 Å². The number of carboxylic acids is 1. The Hall–Kier alpha value is -1.06. The van der Waals surface area contributed by atoms with Crippen LogP contribution in [0.5, 0.6) is 0 Å². The number of hydrogen-bond donors (Lipinski definition) is 1. The van der Waals surface area contributed by atoms with Crippen molar-refractivity contribution in [1.82, 2.24) is 4.90 Å². The predicted octanol–water partition coefficient (Wildman–Crippen LogP) is 1.89. The van der Waals surface area contributed by atoms with Gasteiger partial charge in [0.1, 0.15) is 5.92 Å². The molecule has 0 bridgehead atoms. The van der Waals surface area contributed by atoms with Gasteiger partial charge in [-0.25, -0.2) is 0 Å². The summed E-state index contributed by atoms with van der Waals surface area (Å²) in [4.78, 5) is 24.5. The molecule has 1 atom stereocenters. The topological polar surface area (TPSA) is 57.6 Å². The van der Waals surface area contributed by atoms with Crippen molar-refractivity contribution >= 4 is 11.9 Å². The van der Waals surface area contributed by atoms with Crippen LogP contribution in [0.15, 0.2) is 0 Å². The highest BCUT2D eigenvalue weighted by Crippen LogP contribution is 2.23. The zero-order chi connectivity index (χ0) is 12.1. The van der Waals surface area contributed by atoms with Gasteiger partial charge in [-0.2, -0.15) is 0 Å². The largest absolute Gasteiger partial charge is 0.481 e. The van der Waals surface area contributed by atoms with E-state index in [4.69, 9.17) is 5.11 Å². The molecule has 92 valence electrons. The first-order valence-corrected chi connectivity index (χ1v) is 6.11. The molecule has 1 aliphatic carbocycles. The fourth-order valence-corrected chi connectivity index (χ4v) is 2.34. The Labute approximate surface area is 96.6 Å². The summed E-state index contributed by atoms with van der Waals surface area (Å²) in [5.41, 5.74) is 0. The molecule has 0 aromatic rings. The molecule has 0 spiro atoms. The van der Waals surface area contributed by atoms with Crippen LogP contribution in [0, 0.1) is 5.92 Å². The van der Waals surface area contributed by atoms with Gasteiger partial charge in [-0.3, -0.25) is 9.59 Å². The first-order valence-electron chi connectivity index (χ1n) is 6.11. The molecule has 0 aliphatic heterocycles. The van der Waals surface area contributed by atoms with Crippen LogP contribution in [0.25, 0.3) is 0 Å². The van der Waals surface area contributed by atoms with Crippen LogP contribution in [0.1, 0.15) is 46.0 Å². The summed E-state index contributed by atoms with van der Waals surface area (Å²) >= 11 is 0. The van der Waals surface area contributed by atoms with Gasteiger partial charge in [-0.05, 0) is 26.7 Å². The number of carbonyl (C=O) groups is 2. The summed E-state index contributed by atoms with van der Waals surface area (Å²) < 4.78 is 0. The van der Waals surface area contributed by atoms with E-state index < -0.39 is 11.9 Å². The second-order valence-corrected chi connectivity index (χ2v) is 4.48. The third-order valence-corrected chi connectivity index (χ3v) is 3.38. The van der Waals surface area contributed by atoms with E-state index in [9.17, 15) is 9.59 Å². The van der Waals surface area contributed by atoms with Crippen LogP contribution in [0.2, 0.25) is 0 Å². The maximum Gasteiger partial charge on any atom is 0.315 e. The van der Waals surface area contributed by atoms with E-state index in [0.29, 0.717) is 6.54 Å². The van der Waals surface area contributed by atoms with Crippen molar-refractivity contribution in [3.8, 4) is 0 Å². The van der Waals surface area contributed by atoms with E-state index in [0.717, 1.165) is 25.7 Å². The van der Waals surface area contributed by atoms with E-state index in [1.165, 1.54) is 13.3 Å². The molecular weight excluding hydrogens is 206 g/mol. The highest BCUT2D eigenvalue weighted by atomic mass is 16.4. The third kappa shape index (κ3) is 2.97. The molecule has 16 heavy (non-hydrogen) atoms. The van der Waals surface area contributed by atoms with Crippen molar-refractivity contribution in [2.75, 3.05) is 6.54 Å². The summed E-state index contributed by atoms with van der Waals surface area (Å²) in [5, 5.41) is 8.85. The molecule has 1 saturated carbocycles. The van der Waals surface area contributed by atoms with Gasteiger partial charge in [0.05, 0.1) is 0 Å². The van der Waals surface area contributed by atoms with E-state index in [-0.39, 0.29) is 11.9 Å². The molecule has 0 saturated heterocycles. The lowest BCUT2D eigenvalue weighted by Gasteiger charge is -2.34. The molecule has 0 aromatic heterocycles. The molecule has 0 heterocycles. The second-order valence-electron chi connectivity index (χ2n) is 4.48. The number of hydrogen-bond acceptors (Lipinski definition) is 2. The van der Waals surface area contributed by atoms with Crippen LogP contribution in [-0.2, 0) is 9.59 Å². The van der Waals surface area contributed by atoms with Crippen LogP contribution >= 0.6 is 0 Å². The number of carbonyl (C=O) groups excluding carboxylic acids is 1. The van der Waals surface area contributed by atoms with Crippen LogP contribution in [0.3, 0.4) is 0 Å². The van der Waals surface area contributed by atoms with Gasteiger partial charge in [0.2, 0.25) is 5.91 Å². The molecule has 0 radical (unpaired) electrons. The maximum atomic E-state index is 12.0. The lowest BCUT2D eigenvalue weighted by molar-refractivity contribution is -0.151. The minimum Gasteiger partial charge on any atom is -0.481 e. The summed E-state index contributed by atoms with van der Waals surface area (Å²) in [7, 11) is 0. The normalized spacial score (nSPS) is 19.1. The fourth-order valence-electron chi connectivity index (χ4n) is 2.34. The van der Waals surface area contributed by atoms with Crippen LogP contribution in [-0.4, -0.2) is 34.5 Å².